The first-order chi connectivity index (χ1) is 10.8. The van der Waals surface area contributed by atoms with Gasteiger partial charge in [-0.15, -0.1) is 0 Å². The van der Waals surface area contributed by atoms with Gasteiger partial charge in [0.15, 0.2) is 0 Å². The van der Waals surface area contributed by atoms with E-state index in [0.717, 1.165) is 37.4 Å². The molecule has 1 aliphatic heterocycles. The molecule has 5 nitrogen and oxygen atoms in total. The van der Waals surface area contributed by atoms with Crippen LogP contribution in [0.15, 0.2) is 36.8 Å². The summed E-state index contributed by atoms with van der Waals surface area (Å²) in [5, 5.41) is 0. The Morgan fingerprint density at radius 2 is 1.77 bits per heavy atom. The quantitative estimate of drug-likeness (QED) is 0.875. The highest BCUT2D eigenvalue weighted by molar-refractivity contribution is 5.92. The Morgan fingerprint density at radius 1 is 1.09 bits per heavy atom. The Labute approximate surface area is 130 Å². The maximum atomic E-state index is 12.5. The van der Waals surface area contributed by atoms with Crippen molar-refractivity contribution in [3.8, 4) is 11.4 Å². The molecule has 0 N–H and O–H groups in total. The minimum Gasteiger partial charge on any atom is -0.497 e. The third kappa shape index (κ3) is 3.13. The number of amides is 1. The molecule has 0 saturated carbocycles. The highest BCUT2D eigenvalue weighted by Gasteiger charge is 2.19. The van der Waals surface area contributed by atoms with Crippen LogP contribution in [-0.4, -0.2) is 40.6 Å². The first kappa shape index (κ1) is 14.6. The van der Waals surface area contributed by atoms with Crippen molar-refractivity contribution in [2.24, 2.45) is 0 Å². The summed E-state index contributed by atoms with van der Waals surface area (Å²) in [4.78, 5) is 18.7. The Bertz CT molecular complexity index is 626. The van der Waals surface area contributed by atoms with Gasteiger partial charge in [-0.1, -0.05) is 12.8 Å². The first-order valence-electron chi connectivity index (χ1n) is 7.75. The van der Waals surface area contributed by atoms with E-state index in [-0.39, 0.29) is 5.91 Å². The Morgan fingerprint density at radius 3 is 2.41 bits per heavy atom. The number of aromatic nitrogens is 2. The van der Waals surface area contributed by atoms with Crippen LogP contribution < -0.4 is 4.74 Å². The van der Waals surface area contributed by atoms with Crippen molar-refractivity contribution in [1.82, 2.24) is 14.5 Å². The van der Waals surface area contributed by atoms with Crippen molar-refractivity contribution in [2.45, 2.75) is 25.7 Å². The molecular formula is C17H21N3O2. The lowest BCUT2D eigenvalue weighted by molar-refractivity contribution is 0.0756. The summed E-state index contributed by atoms with van der Waals surface area (Å²) in [6, 6.07) is 7.68. The second kappa shape index (κ2) is 6.64. The number of rotatable bonds is 3. The molecule has 1 fully saturated rings. The number of hydrogen-bond acceptors (Lipinski definition) is 3. The van der Waals surface area contributed by atoms with E-state index in [4.69, 9.17) is 4.74 Å². The van der Waals surface area contributed by atoms with Crippen molar-refractivity contribution in [1.29, 1.82) is 0 Å². The molecule has 0 aliphatic carbocycles. The van der Waals surface area contributed by atoms with Gasteiger partial charge in [0, 0.05) is 25.0 Å². The van der Waals surface area contributed by atoms with Gasteiger partial charge in [0.25, 0.3) is 5.91 Å². The molecule has 0 unspecified atom stereocenters. The van der Waals surface area contributed by atoms with Crippen LogP contribution in [0.25, 0.3) is 5.69 Å². The monoisotopic (exact) mass is 299 g/mol. The number of nitrogens with zero attached hydrogens (tertiary/aromatic N) is 3. The zero-order valence-electron chi connectivity index (χ0n) is 12.9. The molecule has 0 bridgehead atoms. The van der Waals surface area contributed by atoms with Gasteiger partial charge in [-0.25, -0.2) is 4.98 Å². The van der Waals surface area contributed by atoms with E-state index in [0.29, 0.717) is 5.69 Å². The molecule has 1 amide bonds. The lowest BCUT2D eigenvalue weighted by Crippen LogP contribution is -2.32. The Balaban J connectivity index is 1.75. The highest BCUT2D eigenvalue weighted by Crippen LogP contribution is 2.17. The minimum absolute atomic E-state index is 0.0363. The van der Waals surface area contributed by atoms with Crippen molar-refractivity contribution in [3.05, 3.63) is 42.5 Å². The fourth-order valence-corrected chi connectivity index (χ4v) is 2.76. The molecule has 22 heavy (non-hydrogen) atoms. The zero-order valence-corrected chi connectivity index (χ0v) is 12.9. The smallest absolute Gasteiger partial charge is 0.274 e. The van der Waals surface area contributed by atoms with Gasteiger partial charge in [-0.05, 0) is 37.1 Å². The van der Waals surface area contributed by atoms with Crippen LogP contribution in [0.3, 0.4) is 0 Å². The van der Waals surface area contributed by atoms with Crippen molar-refractivity contribution in [2.75, 3.05) is 20.2 Å². The number of methoxy groups -OCH3 is 1. The normalized spacial score (nSPS) is 15.4. The van der Waals surface area contributed by atoms with Gasteiger partial charge in [0.05, 0.1) is 7.11 Å². The summed E-state index contributed by atoms with van der Waals surface area (Å²) < 4.78 is 7.02. The van der Waals surface area contributed by atoms with E-state index in [2.05, 4.69) is 4.98 Å². The van der Waals surface area contributed by atoms with Crippen LogP contribution in [0.1, 0.15) is 36.2 Å². The van der Waals surface area contributed by atoms with Gasteiger partial charge in [0.1, 0.15) is 17.8 Å². The van der Waals surface area contributed by atoms with Crippen molar-refractivity contribution < 1.29 is 9.53 Å². The second-order valence-electron chi connectivity index (χ2n) is 5.57. The number of hydrogen-bond donors (Lipinski definition) is 0. The number of carbonyl (C=O) groups excluding carboxylic acids is 1. The molecule has 1 saturated heterocycles. The van der Waals surface area contributed by atoms with E-state index in [1.807, 2.05) is 33.7 Å². The van der Waals surface area contributed by atoms with Gasteiger partial charge >= 0.3 is 0 Å². The number of ether oxygens (including phenoxy) is 1. The van der Waals surface area contributed by atoms with Gasteiger partial charge in [0.2, 0.25) is 0 Å². The summed E-state index contributed by atoms with van der Waals surface area (Å²) in [5.74, 6) is 0.846. The molecule has 2 heterocycles. The molecule has 3 rings (SSSR count). The van der Waals surface area contributed by atoms with E-state index in [9.17, 15) is 4.79 Å². The summed E-state index contributed by atoms with van der Waals surface area (Å²) in [7, 11) is 1.64. The topological polar surface area (TPSA) is 47.4 Å². The third-order valence-corrected chi connectivity index (χ3v) is 4.07. The van der Waals surface area contributed by atoms with Crippen molar-refractivity contribution in [3.63, 3.8) is 0 Å². The van der Waals surface area contributed by atoms with Crippen LogP contribution in [0, 0.1) is 0 Å². The van der Waals surface area contributed by atoms with Crippen LogP contribution in [-0.2, 0) is 0 Å². The van der Waals surface area contributed by atoms with Crippen LogP contribution in [0.2, 0.25) is 0 Å². The SMILES string of the molecule is COc1ccc(-n2cnc(C(=O)N3CCCCCC3)c2)cc1. The van der Waals surface area contributed by atoms with E-state index < -0.39 is 0 Å². The maximum absolute atomic E-state index is 12.5. The summed E-state index contributed by atoms with van der Waals surface area (Å²) in [6.07, 6.45) is 8.09. The fraction of sp³-hybridized carbons (Fsp3) is 0.412. The number of benzene rings is 1. The molecule has 0 radical (unpaired) electrons. The van der Waals surface area contributed by atoms with Crippen LogP contribution in [0.5, 0.6) is 5.75 Å². The average molecular weight is 299 g/mol. The molecular weight excluding hydrogens is 278 g/mol. The standard InChI is InChI=1S/C17H21N3O2/c1-22-15-8-6-14(7-9-15)20-12-16(18-13-20)17(21)19-10-4-2-3-5-11-19/h6-9,12-13H,2-5,10-11H2,1H3. The molecule has 2 aromatic rings. The number of imidazole rings is 1. The summed E-state index contributed by atoms with van der Waals surface area (Å²) >= 11 is 0. The van der Waals surface area contributed by atoms with Crippen LogP contribution in [0.4, 0.5) is 0 Å². The molecule has 5 heteroatoms. The average Bonchev–Trinajstić information content (AvgIpc) is 2.90. The Hall–Kier alpha value is -2.30. The van der Waals surface area contributed by atoms with E-state index in [1.165, 1.54) is 12.8 Å². The predicted octanol–water partition coefficient (Wildman–Crippen LogP) is 2.90. The minimum atomic E-state index is 0.0363. The van der Waals surface area contributed by atoms with Gasteiger partial charge < -0.3 is 14.2 Å². The van der Waals surface area contributed by atoms with Gasteiger partial charge in [-0.3, -0.25) is 4.79 Å². The maximum Gasteiger partial charge on any atom is 0.274 e. The molecule has 0 spiro atoms. The lowest BCUT2D eigenvalue weighted by atomic mass is 10.2. The highest BCUT2D eigenvalue weighted by atomic mass is 16.5. The zero-order chi connectivity index (χ0) is 15.4. The third-order valence-electron chi connectivity index (χ3n) is 4.07. The van der Waals surface area contributed by atoms with Crippen LogP contribution >= 0.6 is 0 Å². The van der Waals surface area contributed by atoms with E-state index >= 15 is 0 Å². The van der Waals surface area contributed by atoms with Gasteiger partial charge in [-0.2, -0.15) is 0 Å². The molecule has 116 valence electrons. The predicted molar refractivity (Wildman–Crippen MR) is 84.5 cm³/mol. The largest absolute Gasteiger partial charge is 0.497 e. The second-order valence-corrected chi connectivity index (χ2v) is 5.57. The molecule has 1 aliphatic rings. The summed E-state index contributed by atoms with van der Waals surface area (Å²) in [5.41, 5.74) is 1.47. The summed E-state index contributed by atoms with van der Waals surface area (Å²) in [6.45, 7) is 1.68. The molecule has 1 aromatic carbocycles. The molecule has 0 atom stereocenters. The molecule has 1 aromatic heterocycles. The fourth-order valence-electron chi connectivity index (χ4n) is 2.76. The number of carbonyl (C=O) groups is 1. The van der Waals surface area contributed by atoms with Crippen molar-refractivity contribution >= 4 is 5.91 Å². The number of likely N-dealkylation sites (tertiary alicyclic amines) is 1. The Kier molecular flexibility index (Phi) is 4.42. The van der Waals surface area contributed by atoms with E-state index in [1.54, 1.807) is 19.6 Å². The first-order valence-corrected chi connectivity index (χ1v) is 7.75. The lowest BCUT2D eigenvalue weighted by Gasteiger charge is -2.18.